The van der Waals surface area contributed by atoms with Gasteiger partial charge in [-0.2, -0.15) is 0 Å². The van der Waals surface area contributed by atoms with E-state index in [-0.39, 0.29) is 25.7 Å². The number of rotatable bonds is 57. The van der Waals surface area contributed by atoms with E-state index in [1.54, 1.807) is 0 Å². The summed E-state index contributed by atoms with van der Waals surface area (Å²) in [6, 6.07) is 0. The first-order valence-corrected chi connectivity index (χ1v) is 33.4. The molecule has 0 rings (SSSR count). The summed E-state index contributed by atoms with van der Waals surface area (Å²) in [6.07, 6.45) is 37.6. The van der Waals surface area contributed by atoms with E-state index in [2.05, 4.69) is 58.9 Å². The number of aliphatic hydroxyl groups is 1. The van der Waals surface area contributed by atoms with E-state index in [9.17, 15) is 43.2 Å². The van der Waals surface area contributed by atoms with Crippen molar-refractivity contribution < 1.29 is 80.2 Å². The van der Waals surface area contributed by atoms with Crippen molar-refractivity contribution in [2.75, 3.05) is 39.6 Å². The first-order valence-electron chi connectivity index (χ1n) is 30.5. The van der Waals surface area contributed by atoms with Gasteiger partial charge in [0, 0.05) is 25.7 Å². The van der Waals surface area contributed by atoms with Crippen molar-refractivity contribution in [2.24, 2.45) is 5.92 Å². The Balaban J connectivity index is 5.21. The maximum absolute atomic E-state index is 12.9. The lowest BCUT2D eigenvalue weighted by Crippen LogP contribution is -2.30. The van der Waals surface area contributed by atoms with Crippen LogP contribution in [0.4, 0.5) is 0 Å². The van der Waals surface area contributed by atoms with Gasteiger partial charge < -0.3 is 33.8 Å². The molecule has 0 radical (unpaired) electrons. The summed E-state index contributed by atoms with van der Waals surface area (Å²) in [5.41, 5.74) is 0. The predicted molar refractivity (Wildman–Crippen MR) is 307 cm³/mol. The van der Waals surface area contributed by atoms with Gasteiger partial charge in [0.05, 0.1) is 26.4 Å². The molecule has 0 heterocycles. The Morgan fingerprint density at radius 1 is 0.397 bits per heavy atom. The van der Waals surface area contributed by atoms with Crippen molar-refractivity contribution in [1.29, 1.82) is 0 Å². The molecule has 0 fully saturated rings. The van der Waals surface area contributed by atoms with Gasteiger partial charge in [-0.1, -0.05) is 213 Å². The highest BCUT2D eigenvalue weighted by molar-refractivity contribution is 7.47. The molecule has 458 valence electrons. The van der Waals surface area contributed by atoms with Crippen LogP contribution in [0.1, 0.15) is 266 Å². The van der Waals surface area contributed by atoms with Crippen LogP contribution in [0.3, 0.4) is 0 Å². The zero-order chi connectivity index (χ0) is 57.8. The fourth-order valence-corrected chi connectivity index (χ4v) is 9.74. The molecule has 5 atom stereocenters. The number of carbonyl (C=O) groups excluding carboxylic acids is 4. The topological polar surface area (TPSA) is 237 Å². The summed E-state index contributed by atoms with van der Waals surface area (Å²) in [7, 11) is -9.88. The van der Waals surface area contributed by atoms with Crippen LogP contribution in [0.5, 0.6) is 0 Å². The van der Waals surface area contributed by atoms with Gasteiger partial charge in [0.15, 0.2) is 12.2 Å². The minimum Gasteiger partial charge on any atom is -0.462 e. The minimum absolute atomic E-state index is 0.0840. The summed E-state index contributed by atoms with van der Waals surface area (Å²) in [5.74, 6) is -1.48. The van der Waals surface area contributed by atoms with Gasteiger partial charge in [0.25, 0.3) is 0 Å². The number of hydrogen-bond acceptors (Lipinski definition) is 15. The quantitative estimate of drug-likeness (QED) is 0.0169. The average molecular weight is 1150 g/mol. The largest absolute Gasteiger partial charge is 0.472 e. The van der Waals surface area contributed by atoms with Crippen LogP contribution in [0.2, 0.25) is 0 Å². The molecule has 0 amide bonds. The van der Waals surface area contributed by atoms with E-state index in [1.165, 1.54) is 57.8 Å². The van der Waals surface area contributed by atoms with Crippen molar-refractivity contribution in [3.8, 4) is 0 Å². The van der Waals surface area contributed by atoms with Gasteiger partial charge in [-0.15, -0.1) is 0 Å². The molecule has 0 aromatic heterocycles. The van der Waals surface area contributed by atoms with Crippen LogP contribution in [0, 0.1) is 5.92 Å². The van der Waals surface area contributed by atoms with Crippen LogP contribution in [0.25, 0.3) is 0 Å². The number of allylic oxidation sites excluding steroid dienone is 4. The van der Waals surface area contributed by atoms with Crippen LogP contribution in [0.15, 0.2) is 24.3 Å². The van der Waals surface area contributed by atoms with Crippen molar-refractivity contribution >= 4 is 39.5 Å². The monoisotopic (exact) mass is 1150 g/mol. The van der Waals surface area contributed by atoms with Gasteiger partial charge in [-0.25, -0.2) is 9.13 Å². The molecule has 0 saturated heterocycles. The second-order valence-corrected chi connectivity index (χ2v) is 24.1. The third-order valence-corrected chi connectivity index (χ3v) is 14.8. The molecule has 0 aliphatic heterocycles. The molecule has 78 heavy (non-hydrogen) atoms. The standard InChI is InChI=1S/C59H110O17P2/c1-6-9-12-15-17-19-20-21-22-23-24-25-29-35-40-45-59(64)76-55(49-70-57(62)43-38-33-30-26-27-32-36-41-52(4)5)51-74-78(67,68)72-47-53(60)46-71-77(65,66)73-50-54(48-69-56(61)42-37-31-14-11-8-3)75-58(63)44-39-34-28-18-16-13-10-7-2/h19-22,52-55,60H,6-18,23-51H2,1-5H3,(H,65,66)(H,67,68)/b20-19-,22-21-/t53-,54+,55+/m0/s1. The Morgan fingerprint density at radius 2 is 0.692 bits per heavy atom. The molecule has 0 aromatic carbocycles. The average Bonchev–Trinajstić information content (AvgIpc) is 3.40. The van der Waals surface area contributed by atoms with Crippen molar-refractivity contribution in [1.82, 2.24) is 0 Å². The Bertz CT molecular complexity index is 1620. The summed E-state index contributed by atoms with van der Waals surface area (Å²) >= 11 is 0. The van der Waals surface area contributed by atoms with Gasteiger partial charge in [0.1, 0.15) is 19.3 Å². The second kappa shape index (κ2) is 52.6. The molecule has 19 heteroatoms. The van der Waals surface area contributed by atoms with Crippen LogP contribution in [-0.2, 0) is 65.4 Å². The molecule has 0 spiro atoms. The normalized spacial score (nSPS) is 14.6. The summed E-state index contributed by atoms with van der Waals surface area (Å²) in [5, 5.41) is 10.5. The minimum atomic E-state index is -4.95. The molecule has 2 unspecified atom stereocenters. The summed E-state index contributed by atoms with van der Waals surface area (Å²) < 4.78 is 67.4. The Morgan fingerprint density at radius 3 is 1.05 bits per heavy atom. The predicted octanol–water partition coefficient (Wildman–Crippen LogP) is 15.4. The number of aliphatic hydroxyl groups excluding tert-OH is 1. The molecule has 0 bridgehead atoms. The van der Waals surface area contributed by atoms with Gasteiger partial charge in [-0.05, 0) is 57.3 Å². The van der Waals surface area contributed by atoms with Gasteiger partial charge >= 0.3 is 39.5 Å². The zero-order valence-corrected chi connectivity index (χ0v) is 51.1. The lowest BCUT2D eigenvalue weighted by Gasteiger charge is -2.21. The SMILES string of the molecule is CCCCCC/C=C\C=C/CCCCCCCC(=O)O[C@H](COC(=O)CCCCCCCCCC(C)C)COP(=O)(O)OC[C@@H](O)COP(=O)(O)OC[C@@H](COC(=O)CCCCCCC)OC(=O)CCCCCCCCCC. The molecule has 0 aliphatic carbocycles. The van der Waals surface area contributed by atoms with E-state index in [4.69, 9.17) is 37.0 Å². The van der Waals surface area contributed by atoms with E-state index >= 15 is 0 Å². The second-order valence-electron chi connectivity index (χ2n) is 21.2. The highest BCUT2D eigenvalue weighted by Gasteiger charge is 2.30. The molecular formula is C59H110O17P2. The third kappa shape index (κ3) is 52.9. The third-order valence-electron chi connectivity index (χ3n) is 12.9. The smallest absolute Gasteiger partial charge is 0.462 e. The van der Waals surface area contributed by atoms with Crippen molar-refractivity contribution in [3.63, 3.8) is 0 Å². The highest BCUT2D eigenvalue weighted by atomic mass is 31.2. The van der Waals surface area contributed by atoms with E-state index < -0.39 is 97.5 Å². The molecule has 0 aromatic rings. The number of phosphoric acid groups is 2. The molecule has 3 N–H and O–H groups in total. The number of carbonyl (C=O) groups is 4. The Kier molecular flexibility index (Phi) is 50.9. The maximum Gasteiger partial charge on any atom is 0.472 e. The fraction of sp³-hybridized carbons (Fsp3) is 0.864. The van der Waals surface area contributed by atoms with Gasteiger partial charge in [-0.3, -0.25) is 37.3 Å². The lowest BCUT2D eigenvalue weighted by molar-refractivity contribution is -0.161. The number of hydrogen-bond donors (Lipinski definition) is 3. The lowest BCUT2D eigenvalue weighted by atomic mass is 10.0. The van der Waals surface area contributed by atoms with E-state index in [0.717, 1.165) is 122 Å². The van der Waals surface area contributed by atoms with E-state index in [1.807, 2.05) is 0 Å². The zero-order valence-electron chi connectivity index (χ0n) is 49.3. The molecule has 0 saturated carbocycles. The number of unbranched alkanes of at least 4 members (excludes halogenated alkanes) is 26. The van der Waals surface area contributed by atoms with Crippen LogP contribution in [-0.4, -0.2) is 96.7 Å². The van der Waals surface area contributed by atoms with E-state index in [0.29, 0.717) is 31.6 Å². The first-order chi connectivity index (χ1) is 37.5. The molecule has 17 nitrogen and oxygen atoms in total. The van der Waals surface area contributed by atoms with Gasteiger partial charge in [0.2, 0.25) is 0 Å². The summed E-state index contributed by atoms with van der Waals surface area (Å²) in [4.78, 5) is 71.6. The fourth-order valence-electron chi connectivity index (χ4n) is 8.16. The Hall–Kier alpha value is -2.46. The van der Waals surface area contributed by atoms with Crippen molar-refractivity contribution in [2.45, 2.75) is 284 Å². The number of ether oxygens (including phenoxy) is 4. The maximum atomic E-state index is 12.9. The number of esters is 4. The van der Waals surface area contributed by atoms with Crippen molar-refractivity contribution in [3.05, 3.63) is 24.3 Å². The Labute approximate surface area is 472 Å². The first kappa shape index (κ1) is 75.5. The number of phosphoric ester groups is 2. The van der Waals surface area contributed by atoms with Crippen LogP contribution < -0.4 is 0 Å². The molecular weight excluding hydrogens is 1040 g/mol. The molecule has 0 aliphatic rings. The summed E-state index contributed by atoms with van der Waals surface area (Å²) in [6.45, 7) is 6.91. The van der Waals surface area contributed by atoms with Crippen LogP contribution >= 0.6 is 15.6 Å². The highest BCUT2D eigenvalue weighted by Crippen LogP contribution is 2.45.